The molecule has 7 aromatic rings. The maximum atomic E-state index is 7.50. The quantitative estimate of drug-likeness (QED) is 0.164. The summed E-state index contributed by atoms with van der Waals surface area (Å²) >= 11 is 7.50. The summed E-state index contributed by atoms with van der Waals surface area (Å²) in [4.78, 5) is 5.20. The Balaban J connectivity index is 1.21. The second-order valence-electron chi connectivity index (χ2n) is 21.3. The summed E-state index contributed by atoms with van der Waals surface area (Å²) in [7, 11) is -2.84. The smallest absolute Gasteiger partial charge is 0.252 e. The third-order valence-electron chi connectivity index (χ3n) is 15.5. The van der Waals surface area contributed by atoms with Gasteiger partial charge >= 0.3 is 0 Å². The minimum absolute atomic E-state index is 0.0119. The van der Waals surface area contributed by atoms with Gasteiger partial charge in [0.15, 0.2) is 8.07 Å². The van der Waals surface area contributed by atoms with Gasteiger partial charge in [-0.05, 0) is 130 Å². The summed E-state index contributed by atoms with van der Waals surface area (Å²) in [6, 6.07) is 56.4. The highest BCUT2D eigenvalue weighted by atomic mass is 35.5. The number of para-hydroxylation sites is 2. The van der Waals surface area contributed by atoms with Gasteiger partial charge in [0.25, 0.3) is 6.71 Å². The van der Waals surface area contributed by atoms with E-state index < -0.39 is 8.07 Å². The maximum Gasteiger partial charge on any atom is 0.252 e. The van der Waals surface area contributed by atoms with Crippen molar-refractivity contribution in [1.29, 1.82) is 0 Å². The molecule has 0 amide bonds. The Hall–Kier alpha value is -5.29. The van der Waals surface area contributed by atoms with E-state index in [0.717, 1.165) is 17.9 Å². The van der Waals surface area contributed by atoms with E-state index in [0.29, 0.717) is 0 Å². The van der Waals surface area contributed by atoms with Crippen molar-refractivity contribution in [3.63, 3.8) is 0 Å². The Labute approximate surface area is 368 Å². The Morgan fingerprint density at radius 1 is 0.459 bits per heavy atom. The molecule has 12 rings (SSSR count). The van der Waals surface area contributed by atoms with Crippen molar-refractivity contribution in [2.24, 2.45) is 0 Å². The minimum atomic E-state index is -2.84. The van der Waals surface area contributed by atoms with Gasteiger partial charge in [0.05, 0.1) is 0 Å². The second-order valence-corrected chi connectivity index (χ2v) is 25.4. The number of nitrogens with zero attached hydrogens (tertiary/aromatic N) is 2. The zero-order chi connectivity index (χ0) is 42.0. The summed E-state index contributed by atoms with van der Waals surface area (Å²) in [6.07, 6.45) is 2.24. The zero-order valence-electron chi connectivity index (χ0n) is 36.6. The molecule has 5 heteroatoms. The number of benzene rings is 7. The van der Waals surface area contributed by atoms with E-state index in [1.54, 1.807) is 0 Å². The molecule has 0 bridgehead atoms. The molecule has 5 aliphatic rings. The molecule has 0 radical (unpaired) electrons. The van der Waals surface area contributed by atoms with Crippen LogP contribution in [-0.2, 0) is 21.7 Å². The number of fused-ring (bicyclic) bond motifs is 8. The normalized spacial score (nSPS) is 19.3. The van der Waals surface area contributed by atoms with Crippen LogP contribution in [0.5, 0.6) is 0 Å². The lowest BCUT2D eigenvalue weighted by Crippen LogP contribution is -2.79. The monoisotopic (exact) mass is 826 g/mol. The van der Waals surface area contributed by atoms with Gasteiger partial charge < -0.3 is 9.80 Å². The van der Waals surface area contributed by atoms with Crippen LogP contribution in [0.2, 0.25) is 5.02 Å². The highest BCUT2D eigenvalue weighted by molar-refractivity contribution is 7.22. The van der Waals surface area contributed by atoms with E-state index in [2.05, 4.69) is 211 Å². The molecule has 0 spiro atoms. The predicted octanol–water partition coefficient (Wildman–Crippen LogP) is 10.0. The third kappa shape index (κ3) is 4.87. The first-order valence-electron chi connectivity index (χ1n) is 22.3. The molecule has 0 N–H and O–H groups in total. The van der Waals surface area contributed by atoms with Crippen LogP contribution >= 0.6 is 11.6 Å². The summed E-state index contributed by atoms with van der Waals surface area (Å²) in [5, 5.41) is 6.40. The average Bonchev–Trinajstić information content (AvgIpc) is 3.54. The Morgan fingerprint density at radius 3 is 1.66 bits per heavy atom. The lowest BCUT2D eigenvalue weighted by atomic mass is 9.33. The van der Waals surface area contributed by atoms with Gasteiger partial charge in [-0.25, -0.2) is 0 Å². The van der Waals surface area contributed by atoms with E-state index in [4.69, 9.17) is 11.6 Å². The molecular weight excluding hydrogens is 775 g/mol. The molecule has 0 fully saturated rings. The molecule has 0 atom stereocenters. The molecule has 0 saturated heterocycles. The topological polar surface area (TPSA) is 6.48 Å². The van der Waals surface area contributed by atoms with Crippen molar-refractivity contribution in [1.82, 2.24) is 0 Å². The molecule has 2 nitrogen and oxygen atoms in total. The lowest BCUT2D eigenvalue weighted by Gasteiger charge is -2.51. The molecule has 0 aromatic heterocycles. The van der Waals surface area contributed by atoms with Crippen LogP contribution in [0.3, 0.4) is 0 Å². The Morgan fingerprint density at radius 2 is 1.00 bits per heavy atom. The van der Waals surface area contributed by atoms with Crippen molar-refractivity contribution in [2.75, 3.05) is 9.80 Å². The van der Waals surface area contributed by atoms with Gasteiger partial charge in [0.1, 0.15) is 0 Å². The van der Waals surface area contributed by atoms with Crippen LogP contribution in [0.15, 0.2) is 146 Å². The summed E-state index contributed by atoms with van der Waals surface area (Å²) in [5.74, 6) is 0. The number of hydrogen-bond donors (Lipinski definition) is 0. The zero-order valence-corrected chi connectivity index (χ0v) is 38.4. The van der Waals surface area contributed by atoms with Gasteiger partial charge in [-0.1, -0.05) is 176 Å². The fourth-order valence-corrected chi connectivity index (χ4v) is 19.1. The number of halogens is 1. The first kappa shape index (κ1) is 37.5. The van der Waals surface area contributed by atoms with Gasteiger partial charge in [0, 0.05) is 39.1 Å². The Kier molecular flexibility index (Phi) is 7.50. The summed E-state index contributed by atoms with van der Waals surface area (Å²) < 4.78 is 0. The van der Waals surface area contributed by atoms with Gasteiger partial charge in [0.2, 0.25) is 0 Å². The van der Waals surface area contributed by atoms with Gasteiger partial charge in [-0.15, -0.1) is 0 Å². The molecule has 61 heavy (non-hydrogen) atoms. The fourth-order valence-electron chi connectivity index (χ4n) is 13.7. The molecule has 3 heterocycles. The number of rotatable bonds is 3. The standard InChI is InChI=1S/C56H52BClN2Si/c1-53(2)33-54(3,4)40-30-36(26-27-39(40)53)59-46-32-42-41(55(5,6)34-56(42,7)8)31-44(46)57-43-22-17-25-50-52(43)60(48-29-35(58)28-47(59)51(48)57)45-23-15-16-24-49(45)61(50,37-18-11-9-12-19-37)38-20-13-10-14-21-38/h9-32H,33-34H2,1-8H3. The van der Waals surface area contributed by atoms with E-state index in [1.165, 1.54) is 93.5 Å². The highest BCUT2D eigenvalue weighted by Gasteiger charge is 2.54. The van der Waals surface area contributed by atoms with E-state index >= 15 is 0 Å². The van der Waals surface area contributed by atoms with E-state index in [-0.39, 0.29) is 28.4 Å². The number of anilines is 6. The fraction of sp³-hybridized carbons (Fsp3) is 0.250. The molecule has 0 saturated carbocycles. The van der Waals surface area contributed by atoms with Gasteiger partial charge in [-0.2, -0.15) is 0 Å². The van der Waals surface area contributed by atoms with Crippen molar-refractivity contribution in [3.8, 4) is 0 Å². The molecule has 300 valence electrons. The number of hydrogen-bond acceptors (Lipinski definition) is 2. The predicted molar refractivity (Wildman–Crippen MR) is 264 cm³/mol. The third-order valence-corrected chi connectivity index (χ3v) is 20.6. The van der Waals surface area contributed by atoms with E-state index in [1.807, 2.05) is 0 Å². The molecule has 3 aliphatic heterocycles. The molecule has 7 aromatic carbocycles. The minimum Gasteiger partial charge on any atom is -0.312 e. The van der Waals surface area contributed by atoms with Crippen molar-refractivity contribution in [3.05, 3.63) is 173 Å². The van der Waals surface area contributed by atoms with Crippen LogP contribution in [0.1, 0.15) is 90.5 Å². The van der Waals surface area contributed by atoms with Crippen LogP contribution in [0.25, 0.3) is 0 Å². The summed E-state index contributed by atoms with van der Waals surface area (Å²) in [6.45, 7) is 19.5. The van der Waals surface area contributed by atoms with Gasteiger partial charge in [-0.3, -0.25) is 0 Å². The van der Waals surface area contributed by atoms with Crippen molar-refractivity contribution in [2.45, 2.75) is 89.9 Å². The van der Waals surface area contributed by atoms with E-state index in [9.17, 15) is 0 Å². The summed E-state index contributed by atoms with van der Waals surface area (Å²) in [5.41, 5.74) is 17.7. The highest BCUT2D eigenvalue weighted by Crippen LogP contribution is 2.55. The molecule has 2 aliphatic carbocycles. The Bertz CT molecular complexity index is 2980. The first-order chi connectivity index (χ1) is 29.1. The molecular formula is C56H52BClN2Si. The maximum absolute atomic E-state index is 7.50. The van der Waals surface area contributed by atoms with Crippen molar-refractivity contribution >= 4 is 97.6 Å². The van der Waals surface area contributed by atoms with Crippen LogP contribution in [0.4, 0.5) is 34.1 Å². The molecule has 0 unspecified atom stereocenters. The first-order valence-corrected chi connectivity index (χ1v) is 24.6. The second kappa shape index (κ2) is 12.2. The van der Waals surface area contributed by atoms with Crippen molar-refractivity contribution < 1.29 is 0 Å². The van der Waals surface area contributed by atoms with Crippen LogP contribution in [-0.4, -0.2) is 14.8 Å². The van der Waals surface area contributed by atoms with Crippen LogP contribution < -0.4 is 46.9 Å². The largest absolute Gasteiger partial charge is 0.312 e. The van der Waals surface area contributed by atoms with Crippen LogP contribution in [0, 0.1) is 0 Å². The SMILES string of the molecule is CC1(C)CC(C)(C)c2cc(N3c4cc5c(cc4B4c6cccc7c6N(c6ccccc6[Si]7(c6ccccc6)c6ccccc6)c6cc(Cl)cc3c64)C(C)(C)CC5(C)C)ccc21. The average molecular weight is 827 g/mol. The lowest BCUT2D eigenvalue weighted by molar-refractivity contribution is 0.403.